The average molecular weight is 382 g/mol. The normalized spacial score (nSPS) is 14.9. The highest BCUT2D eigenvalue weighted by atomic mass is 79.9. The molecule has 1 aromatic rings. The molecule has 1 fully saturated rings. The summed E-state index contributed by atoms with van der Waals surface area (Å²) in [6, 6.07) is 7.39. The smallest absolute Gasteiger partial charge is 0.254 e. The molecule has 2 amide bonds. The van der Waals surface area contributed by atoms with E-state index in [-0.39, 0.29) is 17.9 Å². The topological polar surface area (TPSA) is 52.7 Å². The van der Waals surface area contributed by atoms with Gasteiger partial charge in [0, 0.05) is 55.2 Å². The summed E-state index contributed by atoms with van der Waals surface area (Å²) in [6.07, 6.45) is 0.375. The Balaban J connectivity index is 1.96. The van der Waals surface area contributed by atoms with Crippen LogP contribution in [0.1, 0.15) is 30.6 Å². The number of carbonyl (C=O) groups is 2. The first-order valence-electron chi connectivity index (χ1n) is 8.04. The van der Waals surface area contributed by atoms with E-state index < -0.39 is 0 Å². The molecule has 0 unspecified atom stereocenters. The second-order valence-electron chi connectivity index (χ2n) is 5.98. The van der Waals surface area contributed by atoms with Gasteiger partial charge in [-0.3, -0.25) is 9.59 Å². The van der Waals surface area contributed by atoms with Crippen molar-refractivity contribution in [2.75, 3.05) is 32.7 Å². The lowest BCUT2D eigenvalue weighted by molar-refractivity contribution is -0.132. The van der Waals surface area contributed by atoms with Gasteiger partial charge in [-0.25, -0.2) is 0 Å². The fourth-order valence-electron chi connectivity index (χ4n) is 2.64. The van der Waals surface area contributed by atoms with Gasteiger partial charge in [-0.05, 0) is 38.1 Å². The van der Waals surface area contributed by atoms with Gasteiger partial charge in [-0.1, -0.05) is 15.9 Å². The summed E-state index contributed by atoms with van der Waals surface area (Å²) in [7, 11) is 0. The number of amides is 2. The minimum absolute atomic E-state index is 0.0272. The number of nitrogens with zero attached hydrogens (tertiary/aromatic N) is 2. The molecule has 1 aliphatic heterocycles. The fourth-order valence-corrected chi connectivity index (χ4v) is 2.91. The van der Waals surface area contributed by atoms with E-state index in [1.807, 2.05) is 30.9 Å². The van der Waals surface area contributed by atoms with Crippen LogP contribution >= 0.6 is 15.9 Å². The lowest BCUT2D eigenvalue weighted by Crippen LogP contribution is -2.47. The Hall–Kier alpha value is -1.40. The van der Waals surface area contributed by atoms with E-state index in [1.54, 1.807) is 17.0 Å². The molecule has 1 aliphatic rings. The summed E-state index contributed by atoms with van der Waals surface area (Å²) in [5.41, 5.74) is 0.650. The maximum atomic E-state index is 12.7. The maximum absolute atomic E-state index is 12.7. The molecule has 1 aromatic carbocycles. The third-order valence-electron chi connectivity index (χ3n) is 4.01. The van der Waals surface area contributed by atoms with E-state index in [1.165, 1.54) is 0 Å². The lowest BCUT2D eigenvalue weighted by atomic mass is 10.1. The van der Waals surface area contributed by atoms with Crippen LogP contribution in [-0.2, 0) is 4.79 Å². The van der Waals surface area contributed by atoms with Crippen molar-refractivity contribution in [3.63, 3.8) is 0 Å². The van der Waals surface area contributed by atoms with Crippen molar-refractivity contribution in [3.8, 4) is 0 Å². The Morgan fingerprint density at radius 3 is 2.39 bits per heavy atom. The summed E-state index contributed by atoms with van der Waals surface area (Å²) in [5.74, 6) is 0.0985. The number of nitrogens with one attached hydrogen (secondary N) is 1. The van der Waals surface area contributed by atoms with Crippen LogP contribution in [-0.4, -0.2) is 60.4 Å². The second kappa shape index (κ2) is 8.45. The van der Waals surface area contributed by atoms with Crippen molar-refractivity contribution in [3.05, 3.63) is 34.3 Å². The Bertz CT molecular complexity index is 539. The molecule has 126 valence electrons. The van der Waals surface area contributed by atoms with E-state index in [2.05, 4.69) is 21.2 Å². The van der Waals surface area contributed by atoms with E-state index in [0.717, 1.165) is 30.7 Å². The molecule has 2 rings (SSSR count). The third kappa shape index (κ3) is 5.04. The van der Waals surface area contributed by atoms with E-state index in [0.29, 0.717) is 18.5 Å². The number of benzene rings is 1. The van der Waals surface area contributed by atoms with Crippen LogP contribution in [0.2, 0.25) is 0 Å². The van der Waals surface area contributed by atoms with Crippen LogP contribution in [0.3, 0.4) is 0 Å². The molecular formula is C17H24BrN3O2. The summed E-state index contributed by atoms with van der Waals surface area (Å²) in [6.45, 7) is 7.60. The molecule has 1 N–H and O–H groups in total. The summed E-state index contributed by atoms with van der Waals surface area (Å²) in [4.78, 5) is 28.6. The fraction of sp³-hybridized carbons (Fsp3) is 0.529. The molecular weight excluding hydrogens is 358 g/mol. The van der Waals surface area contributed by atoms with Gasteiger partial charge in [-0.15, -0.1) is 0 Å². The zero-order valence-electron chi connectivity index (χ0n) is 13.7. The molecule has 23 heavy (non-hydrogen) atoms. The van der Waals surface area contributed by atoms with Gasteiger partial charge in [-0.2, -0.15) is 0 Å². The van der Waals surface area contributed by atoms with Crippen molar-refractivity contribution >= 4 is 27.7 Å². The summed E-state index contributed by atoms with van der Waals surface area (Å²) < 4.78 is 0.944. The van der Waals surface area contributed by atoms with Crippen molar-refractivity contribution < 1.29 is 9.59 Å². The number of rotatable bonds is 5. The van der Waals surface area contributed by atoms with Crippen LogP contribution in [0.4, 0.5) is 0 Å². The molecule has 6 heteroatoms. The molecule has 1 saturated heterocycles. The molecule has 0 aromatic heterocycles. The highest BCUT2D eigenvalue weighted by Gasteiger charge is 2.22. The maximum Gasteiger partial charge on any atom is 0.254 e. The van der Waals surface area contributed by atoms with Crippen LogP contribution in [0.25, 0.3) is 0 Å². The Kier molecular flexibility index (Phi) is 6.59. The number of piperazine rings is 1. The highest BCUT2D eigenvalue weighted by Crippen LogP contribution is 2.14. The lowest BCUT2D eigenvalue weighted by Gasteiger charge is -2.30. The molecule has 0 radical (unpaired) electrons. The number of hydrogen-bond donors (Lipinski definition) is 1. The van der Waals surface area contributed by atoms with Gasteiger partial charge in [0.25, 0.3) is 5.91 Å². The minimum atomic E-state index is -0.0272. The molecule has 1 heterocycles. The van der Waals surface area contributed by atoms with Gasteiger partial charge in [0.15, 0.2) is 0 Å². The predicted octanol–water partition coefficient (Wildman–Crippen LogP) is 2.12. The van der Waals surface area contributed by atoms with Crippen molar-refractivity contribution in [2.24, 2.45) is 0 Å². The molecule has 0 saturated carbocycles. The number of carbonyl (C=O) groups excluding carboxylic acids is 2. The third-order valence-corrected chi connectivity index (χ3v) is 4.54. The largest absolute Gasteiger partial charge is 0.340 e. The van der Waals surface area contributed by atoms with Gasteiger partial charge < -0.3 is 15.1 Å². The van der Waals surface area contributed by atoms with Crippen LogP contribution < -0.4 is 5.32 Å². The van der Waals surface area contributed by atoms with Crippen LogP contribution in [0.15, 0.2) is 28.7 Å². The van der Waals surface area contributed by atoms with Crippen molar-refractivity contribution in [2.45, 2.75) is 26.3 Å². The van der Waals surface area contributed by atoms with Gasteiger partial charge in [0.2, 0.25) is 5.91 Å². The van der Waals surface area contributed by atoms with Crippen molar-refractivity contribution in [1.82, 2.24) is 15.1 Å². The zero-order chi connectivity index (χ0) is 16.8. The number of halogens is 1. The molecule has 0 spiro atoms. The standard InChI is InChI=1S/C17H24BrN3O2/c1-13(2)21(17(23)14-3-5-15(18)6-4-14)10-7-16(22)20-11-8-19-9-12-20/h3-6,13,19H,7-12H2,1-2H3. The SMILES string of the molecule is CC(C)N(CCC(=O)N1CCNCC1)C(=O)c1ccc(Br)cc1. The molecule has 5 nitrogen and oxygen atoms in total. The molecule has 0 bridgehead atoms. The van der Waals surface area contributed by atoms with Gasteiger partial charge in [0.05, 0.1) is 0 Å². The van der Waals surface area contributed by atoms with E-state index in [9.17, 15) is 9.59 Å². The summed E-state index contributed by atoms with van der Waals surface area (Å²) >= 11 is 3.37. The highest BCUT2D eigenvalue weighted by molar-refractivity contribution is 9.10. The minimum Gasteiger partial charge on any atom is -0.340 e. The Morgan fingerprint density at radius 1 is 1.22 bits per heavy atom. The van der Waals surface area contributed by atoms with Crippen molar-refractivity contribution in [1.29, 1.82) is 0 Å². The quantitative estimate of drug-likeness (QED) is 0.849. The molecule has 0 atom stereocenters. The zero-order valence-corrected chi connectivity index (χ0v) is 15.3. The number of hydrogen-bond acceptors (Lipinski definition) is 3. The average Bonchev–Trinajstić information content (AvgIpc) is 2.55. The van der Waals surface area contributed by atoms with Gasteiger partial charge >= 0.3 is 0 Å². The Labute approximate surface area is 146 Å². The first-order chi connectivity index (χ1) is 11.0. The van der Waals surface area contributed by atoms with Crippen LogP contribution in [0.5, 0.6) is 0 Å². The second-order valence-corrected chi connectivity index (χ2v) is 6.90. The van der Waals surface area contributed by atoms with Gasteiger partial charge in [0.1, 0.15) is 0 Å². The molecule has 0 aliphatic carbocycles. The first kappa shape index (κ1) is 17.9. The predicted molar refractivity (Wildman–Crippen MR) is 94.4 cm³/mol. The first-order valence-corrected chi connectivity index (χ1v) is 8.83. The summed E-state index contributed by atoms with van der Waals surface area (Å²) in [5, 5.41) is 3.23. The van der Waals surface area contributed by atoms with E-state index in [4.69, 9.17) is 0 Å². The monoisotopic (exact) mass is 381 g/mol. The van der Waals surface area contributed by atoms with E-state index >= 15 is 0 Å². The van der Waals surface area contributed by atoms with Crippen LogP contribution in [0, 0.1) is 0 Å². The Morgan fingerprint density at radius 2 is 1.83 bits per heavy atom.